The van der Waals surface area contributed by atoms with Crippen LogP contribution in [-0.2, 0) is 10.2 Å². The summed E-state index contributed by atoms with van der Waals surface area (Å²) in [6.45, 7) is 2.25. The maximum atomic E-state index is 11.6. The first-order chi connectivity index (χ1) is 7.81. The minimum Gasteiger partial charge on any atom is -0.392 e. The summed E-state index contributed by atoms with van der Waals surface area (Å²) in [5.74, 6) is 0. The highest BCUT2D eigenvalue weighted by Crippen LogP contribution is 2.11. The van der Waals surface area contributed by atoms with Crippen LogP contribution in [0.3, 0.4) is 0 Å². The van der Waals surface area contributed by atoms with Gasteiger partial charge in [-0.05, 0) is 12.8 Å². The predicted octanol–water partition coefficient (Wildman–Crippen LogP) is -0.867. The Morgan fingerprint density at radius 1 is 1.47 bits per heavy atom. The Hall–Kier alpha value is -0.280. The third kappa shape index (κ3) is 4.84. The molecule has 6 nitrogen and oxygen atoms in total. The SMILES string of the molecule is CN(C)S(=O)(=O)NC1CCN(CC(N)=S)CC1. The quantitative estimate of drug-likeness (QED) is 0.640. The third-order valence-corrected chi connectivity index (χ3v) is 4.49. The van der Waals surface area contributed by atoms with Crippen molar-refractivity contribution in [3.8, 4) is 0 Å². The molecular formula is C9H20N4O2S2. The average Bonchev–Trinajstić information content (AvgIpc) is 2.19. The van der Waals surface area contributed by atoms with Crippen LogP contribution in [0.15, 0.2) is 0 Å². The standard InChI is InChI=1S/C9H20N4O2S2/c1-12(2)17(14,15)11-8-3-5-13(6-4-8)7-9(10)16/h8,11H,3-7H2,1-2H3,(H2,10,16). The second kappa shape index (κ2) is 6.05. The molecule has 0 aromatic carbocycles. The first-order valence-corrected chi connectivity index (χ1v) is 7.36. The number of likely N-dealkylation sites (tertiary alicyclic amines) is 1. The van der Waals surface area contributed by atoms with Crippen LogP contribution in [-0.4, -0.2) is 62.4 Å². The van der Waals surface area contributed by atoms with E-state index in [1.807, 2.05) is 0 Å². The largest absolute Gasteiger partial charge is 0.392 e. The van der Waals surface area contributed by atoms with E-state index in [1.165, 1.54) is 18.4 Å². The molecule has 8 heteroatoms. The Bertz CT molecular complexity index is 361. The Labute approximate surface area is 108 Å². The van der Waals surface area contributed by atoms with Gasteiger partial charge in [-0.15, -0.1) is 0 Å². The van der Waals surface area contributed by atoms with Crippen LogP contribution in [0, 0.1) is 0 Å². The van der Waals surface area contributed by atoms with Gasteiger partial charge < -0.3 is 5.73 Å². The minimum absolute atomic E-state index is 0.00463. The molecule has 1 aliphatic heterocycles. The molecule has 0 amide bonds. The van der Waals surface area contributed by atoms with E-state index in [1.54, 1.807) is 0 Å². The van der Waals surface area contributed by atoms with E-state index in [-0.39, 0.29) is 6.04 Å². The average molecular weight is 280 g/mol. The Balaban J connectivity index is 2.40. The van der Waals surface area contributed by atoms with Crippen molar-refractivity contribution < 1.29 is 8.42 Å². The molecule has 100 valence electrons. The molecule has 0 saturated carbocycles. The summed E-state index contributed by atoms with van der Waals surface area (Å²) in [7, 11) is -0.288. The summed E-state index contributed by atoms with van der Waals surface area (Å²) < 4.78 is 27.1. The van der Waals surface area contributed by atoms with Crippen molar-refractivity contribution in [2.24, 2.45) is 5.73 Å². The number of piperidine rings is 1. The van der Waals surface area contributed by atoms with Gasteiger partial charge in [0.25, 0.3) is 10.2 Å². The number of nitrogens with zero attached hydrogens (tertiary/aromatic N) is 2. The lowest BCUT2D eigenvalue weighted by Gasteiger charge is -2.32. The summed E-state index contributed by atoms with van der Waals surface area (Å²) >= 11 is 4.85. The van der Waals surface area contributed by atoms with Crippen LogP contribution in [0.5, 0.6) is 0 Å². The highest BCUT2D eigenvalue weighted by molar-refractivity contribution is 7.87. The molecular weight excluding hydrogens is 260 g/mol. The Morgan fingerprint density at radius 3 is 2.41 bits per heavy atom. The molecule has 1 fully saturated rings. The number of nitrogens with two attached hydrogens (primary N) is 1. The smallest absolute Gasteiger partial charge is 0.279 e. The summed E-state index contributed by atoms with van der Waals surface area (Å²) in [6, 6.07) is 0.00463. The lowest BCUT2D eigenvalue weighted by molar-refractivity contribution is 0.231. The molecule has 0 aromatic rings. The predicted molar refractivity (Wildman–Crippen MR) is 72.0 cm³/mol. The van der Waals surface area contributed by atoms with Crippen molar-refractivity contribution in [3.05, 3.63) is 0 Å². The normalized spacial score (nSPS) is 19.7. The van der Waals surface area contributed by atoms with E-state index in [0.29, 0.717) is 11.5 Å². The number of rotatable bonds is 5. The first-order valence-electron chi connectivity index (χ1n) is 5.51. The fraction of sp³-hybridized carbons (Fsp3) is 0.889. The molecule has 1 rings (SSSR count). The molecule has 17 heavy (non-hydrogen) atoms. The number of nitrogens with one attached hydrogen (secondary N) is 1. The van der Waals surface area contributed by atoms with Crippen molar-refractivity contribution in [2.75, 3.05) is 33.7 Å². The highest BCUT2D eigenvalue weighted by Gasteiger charge is 2.24. The van der Waals surface area contributed by atoms with Crippen LogP contribution in [0.4, 0.5) is 0 Å². The molecule has 1 saturated heterocycles. The third-order valence-electron chi connectivity index (χ3n) is 2.76. The van der Waals surface area contributed by atoms with Gasteiger partial charge >= 0.3 is 0 Å². The molecule has 3 N–H and O–H groups in total. The maximum absolute atomic E-state index is 11.6. The molecule has 1 heterocycles. The second-order valence-corrected chi connectivity index (χ2v) is 6.86. The van der Waals surface area contributed by atoms with Crippen LogP contribution < -0.4 is 10.5 Å². The molecule has 0 unspecified atom stereocenters. The summed E-state index contributed by atoms with van der Waals surface area (Å²) in [6.07, 6.45) is 1.57. The van der Waals surface area contributed by atoms with Crippen LogP contribution in [0.1, 0.15) is 12.8 Å². The van der Waals surface area contributed by atoms with Crippen molar-refractivity contribution in [1.29, 1.82) is 0 Å². The van der Waals surface area contributed by atoms with Gasteiger partial charge in [-0.1, -0.05) is 12.2 Å². The van der Waals surface area contributed by atoms with Crippen molar-refractivity contribution in [3.63, 3.8) is 0 Å². The van der Waals surface area contributed by atoms with Gasteiger partial charge in [0.2, 0.25) is 0 Å². The lowest BCUT2D eigenvalue weighted by Crippen LogP contribution is -2.48. The van der Waals surface area contributed by atoms with E-state index in [0.717, 1.165) is 25.9 Å². The summed E-state index contributed by atoms with van der Waals surface area (Å²) in [4.78, 5) is 2.63. The monoisotopic (exact) mass is 280 g/mol. The van der Waals surface area contributed by atoms with Gasteiger partial charge in [-0.3, -0.25) is 4.90 Å². The lowest BCUT2D eigenvalue weighted by atomic mass is 10.1. The summed E-state index contributed by atoms with van der Waals surface area (Å²) in [5, 5.41) is 0. The van der Waals surface area contributed by atoms with Gasteiger partial charge in [0.1, 0.15) is 0 Å². The zero-order valence-corrected chi connectivity index (χ0v) is 11.9. The Kier molecular flexibility index (Phi) is 5.26. The fourth-order valence-electron chi connectivity index (χ4n) is 1.75. The molecule has 0 bridgehead atoms. The van der Waals surface area contributed by atoms with Crippen LogP contribution in [0.25, 0.3) is 0 Å². The Morgan fingerprint density at radius 2 is 2.00 bits per heavy atom. The summed E-state index contributed by atoms with van der Waals surface area (Å²) in [5.41, 5.74) is 5.47. The van der Waals surface area contributed by atoms with Gasteiger partial charge in [0.05, 0.1) is 4.99 Å². The molecule has 0 atom stereocenters. The molecule has 0 radical (unpaired) electrons. The van der Waals surface area contributed by atoms with E-state index in [4.69, 9.17) is 18.0 Å². The van der Waals surface area contributed by atoms with Crippen molar-refractivity contribution >= 4 is 27.4 Å². The fourth-order valence-corrected chi connectivity index (χ4v) is 2.80. The number of hydrogen-bond donors (Lipinski definition) is 2. The van der Waals surface area contributed by atoms with E-state index < -0.39 is 10.2 Å². The van der Waals surface area contributed by atoms with Crippen LogP contribution >= 0.6 is 12.2 Å². The molecule has 0 spiro atoms. The van der Waals surface area contributed by atoms with Gasteiger partial charge in [-0.2, -0.15) is 17.4 Å². The van der Waals surface area contributed by atoms with E-state index in [9.17, 15) is 8.42 Å². The molecule has 0 aromatic heterocycles. The molecule has 1 aliphatic rings. The van der Waals surface area contributed by atoms with Crippen LogP contribution in [0.2, 0.25) is 0 Å². The molecule has 0 aliphatic carbocycles. The topological polar surface area (TPSA) is 78.7 Å². The van der Waals surface area contributed by atoms with E-state index >= 15 is 0 Å². The zero-order valence-electron chi connectivity index (χ0n) is 10.2. The minimum atomic E-state index is -3.32. The highest BCUT2D eigenvalue weighted by atomic mass is 32.2. The second-order valence-electron chi connectivity index (χ2n) is 4.42. The van der Waals surface area contributed by atoms with Gasteiger partial charge in [0, 0.05) is 39.8 Å². The van der Waals surface area contributed by atoms with Gasteiger partial charge in [0.15, 0.2) is 0 Å². The van der Waals surface area contributed by atoms with Crippen molar-refractivity contribution in [1.82, 2.24) is 13.9 Å². The van der Waals surface area contributed by atoms with E-state index in [2.05, 4.69) is 9.62 Å². The number of thiocarbonyl (C=S) groups is 1. The maximum Gasteiger partial charge on any atom is 0.279 e. The first kappa shape index (κ1) is 14.8. The zero-order chi connectivity index (χ0) is 13.1. The van der Waals surface area contributed by atoms with Crippen molar-refractivity contribution in [2.45, 2.75) is 18.9 Å². The van der Waals surface area contributed by atoms with Gasteiger partial charge in [-0.25, -0.2) is 0 Å². The number of hydrogen-bond acceptors (Lipinski definition) is 4.